The second-order valence-electron chi connectivity index (χ2n) is 10.4. The van der Waals surface area contributed by atoms with Crippen LogP contribution in [0.25, 0.3) is 0 Å². The van der Waals surface area contributed by atoms with Crippen LogP contribution in [-0.4, -0.2) is 12.1 Å². The average Bonchev–Trinajstić information content (AvgIpc) is 2.87. The first-order valence-corrected chi connectivity index (χ1v) is 13.4. The molecule has 4 rings (SSSR count). The summed E-state index contributed by atoms with van der Waals surface area (Å²) in [5.74, 6) is -1.90. The van der Waals surface area contributed by atoms with Crippen molar-refractivity contribution in [2.24, 2.45) is 5.92 Å². The number of hydrogen-bond donors (Lipinski definition) is 0. The molecule has 0 amide bonds. The van der Waals surface area contributed by atoms with E-state index in [4.69, 9.17) is 4.74 Å². The summed E-state index contributed by atoms with van der Waals surface area (Å²) >= 11 is 0. The molecule has 0 unspecified atom stereocenters. The molecule has 2 nitrogen and oxygen atoms in total. The van der Waals surface area contributed by atoms with Crippen LogP contribution in [-0.2, 0) is 11.2 Å². The lowest BCUT2D eigenvalue weighted by Gasteiger charge is -2.31. The lowest BCUT2D eigenvalue weighted by Crippen LogP contribution is -2.25. The van der Waals surface area contributed by atoms with Crippen LogP contribution in [0.15, 0.2) is 30.3 Å². The van der Waals surface area contributed by atoms with Crippen LogP contribution >= 0.6 is 0 Å². The van der Waals surface area contributed by atoms with E-state index in [1.807, 2.05) is 6.92 Å². The van der Waals surface area contributed by atoms with Crippen molar-refractivity contribution in [3.05, 3.63) is 70.0 Å². The van der Waals surface area contributed by atoms with Gasteiger partial charge in [0.1, 0.15) is 11.9 Å². The smallest absolute Gasteiger partial charge is 0.341 e. The summed E-state index contributed by atoms with van der Waals surface area (Å²) in [6.45, 7) is 4.12. The molecule has 0 N–H and O–H groups in total. The van der Waals surface area contributed by atoms with E-state index < -0.39 is 23.4 Å². The Morgan fingerprint density at radius 1 is 0.829 bits per heavy atom. The van der Waals surface area contributed by atoms with Crippen LogP contribution in [0, 0.1) is 23.4 Å². The van der Waals surface area contributed by atoms with E-state index in [1.54, 1.807) is 18.2 Å². The Hall–Kier alpha value is -2.30. The molecule has 0 aromatic heterocycles. The third-order valence-electron chi connectivity index (χ3n) is 8.17. The van der Waals surface area contributed by atoms with Gasteiger partial charge in [0.05, 0.1) is 5.56 Å². The normalized spacial score (nSPS) is 24.8. The van der Waals surface area contributed by atoms with Gasteiger partial charge in [-0.1, -0.05) is 44.9 Å². The maximum absolute atomic E-state index is 15.1. The van der Waals surface area contributed by atoms with E-state index in [-0.39, 0.29) is 23.5 Å². The highest BCUT2D eigenvalue weighted by Gasteiger charge is 2.31. The average molecular weight is 487 g/mol. The van der Waals surface area contributed by atoms with Gasteiger partial charge >= 0.3 is 5.97 Å². The maximum Gasteiger partial charge on any atom is 0.341 e. The highest BCUT2D eigenvalue weighted by molar-refractivity contribution is 5.89. The summed E-state index contributed by atoms with van der Waals surface area (Å²) in [6, 6.07) is 8.14. The van der Waals surface area contributed by atoms with Gasteiger partial charge in [-0.3, -0.25) is 0 Å². The standard InChI is InChI=1S/C30H37F3O2/c1-3-5-20-6-9-21(10-7-20)24-16-17-25(29(33)28(24)32)22-11-13-23(14-12-22)35-30(34)26-15-8-19(4-2)18-27(26)31/h8,15-18,20-23H,3-7,9-14H2,1-2H3. The zero-order valence-electron chi connectivity index (χ0n) is 20.9. The number of hydrogen-bond acceptors (Lipinski definition) is 2. The minimum atomic E-state index is -0.711. The molecule has 2 aromatic carbocycles. The Kier molecular flexibility index (Phi) is 8.56. The van der Waals surface area contributed by atoms with Crippen LogP contribution in [0.4, 0.5) is 13.2 Å². The number of ether oxygens (including phenoxy) is 1. The van der Waals surface area contributed by atoms with Crippen molar-refractivity contribution in [2.45, 2.75) is 102 Å². The largest absolute Gasteiger partial charge is 0.459 e. The van der Waals surface area contributed by atoms with Gasteiger partial charge in [0.2, 0.25) is 0 Å². The van der Waals surface area contributed by atoms with Crippen LogP contribution in [0.1, 0.15) is 117 Å². The first kappa shape index (κ1) is 25.8. The Balaban J connectivity index is 1.34. The van der Waals surface area contributed by atoms with Gasteiger partial charge in [-0.05, 0) is 104 Å². The summed E-state index contributed by atoms with van der Waals surface area (Å²) in [6.07, 6.45) is 9.11. The third-order valence-corrected chi connectivity index (χ3v) is 8.17. The Morgan fingerprint density at radius 3 is 1.91 bits per heavy atom. The molecule has 2 aliphatic rings. The molecule has 0 spiro atoms. The van der Waals surface area contributed by atoms with Gasteiger partial charge in [0.15, 0.2) is 11.6 Å². The number of aryl methyl sites for hydroxylation is 1. The van der Waals surface area contributed by atoms with Crippen LogP contribution in [0.2, 0.25) is 0 Å². The quantitative estimate of drug-likeness (QED) is 0.366. The number of carbonyl (C=O) groups excluding carboxylic acids is 1. The van der Waals surface area contributed by atoms with Gasteiger partial charge in [0, 0.05) is 0 Å². The van der Waals surface area contributed by atoms with Crippen molar-refractivity contribution in [3.63, 3.8) is 0 Å². The molecular weight excluding hydrogens is 449 g/mol. The summed E-state index contributed by atoms with van der Waals surface area (Å²) in [7, 11) is 0. The molecule has 2 aliphatic carbocycles. The van der Waals surface area contributed by atoms with Crippen molar-refractivity contribution in [1.82, 2.24) is 0 Å². The molecule has 0 atom stereocenters. The second-order valence-corrected chi connectivity index (χ2v) is 10.4. The number of rotatable bonds is 7. The zero-order valence-corrected chi connectivity index (χ0v) is 20.9. The SMILES string of the molecule is CCCC1CCC(c2ccc(C3CCC(OC(=O)c4ccc(CC)cc4F)CC3)c(F)c2F)CC1. The molecule has 0 aliphatic heterocycles. The molecule has 190 valence electrons. The minimum absolute atomic E-state index is 0.0586. The fourth-order valence-corrected chi connectivity index (χ4v) is 6.03. The lowest BCUT2D eigenvalue weighted by atomic mass is 9.76. The summed E-state index contributed by atoms with van der Waals surface area (Å²) in [4.78, 5) is 12.5. The van der Waals surface area contributed by atoms with E-state index in [0.717, 1.165) is 37.2 Å². The number of benzene rings is 2. The van der Waals surface area contributed by atoms with Crippen LogP contribution < -0.4 is 0 Å². The summed E-state index contributed by atoms with van der Waals surface area (Å²) < 4.78 is 50.0. The van der Waals surface area contributed by atoms with E-state index >= 15 is 8.78 Å². The monoisotopic (exact) mass is 486 g/mol. The highest BCUT2D eigenvalue weighted by Crippen LogP contribution is 2.41. The van der Waals surface area contributed by atoms with Gasteiger partial charge in [-0.15, -0.1) is 0 Å². The number of halogens is 3. The van der Waals surface area contributed by atoms with Crippen molar-refractivity contribution in [1.29, 1.82) is 0 Å². The fraction of sp³-hybridized carbons (Fsp3) is 0.567. The van der Waals surface area contributed by atoms with E-state index in [0.29, 0.717) is 43.2 Å². The number of esters is 1. The molecule has 2 fully saturated rings. The minimum Gasteiger partial charge on any atom is -0.459 e. The Labute approximate surface area is 207 Å². The second kappa shape index (κ2) is 11.6. The van der Waals surface area contributed by atoms with Gasteiger partial charge in [0.25, 0.3) is 0 Å². The van der Waals surface area contributed by atoms with Crippen LogP contribution in [0.5, 0.6) is 0 Å². The first-order valence-electron chi connectivity index (χ1n) is 13.4. The molecule has 2 aromatic rings. The lowest BCUT2D eigenvalue weighted by molar-refractivity contribution is 0.0189. The predicted octanol–water partition coefficient (Wildman–Crippen LogP) is 8.62. The predicted molar refractivity (Wildman–Crippen MR) is 132 cm³/mol. The van der Waals surface area contributed by atoms with E-state index in [2.05, 4.69) is 6.92 Å². The molecule has 2 saturated carbocycles. The molecule has 0 bridgehead atoms. The first-order chi connectivity index (χ1) is 16.9. The summed E-state index contributed by atoms with van der Waals surface area (Å²) in [5.41, 5.74) is 1.72. The van der Waals surface area contributed by atoms with Crippen molar-refractivity contribution in [2.75, 3.05) is 0 Å². The molecule has 0 saturated heterocycles. The molecule has 0 radical (unpaired) electrons. The van der Waals surface area contributed by atoms with Crippen molar-refractivity contribution >= 4 is 5.97 Å². The van der Waals surface area contributed by atoms with Crippen LogP contribution in [0.3, 0.4) is 0 Å². The summed E-state index contributed by atoms with van der Waals surface area (Å²) in [5, 5.41) is 0. The van der Waals surface area contributed by atoms with Gasteiger partial charge in [-0.25, -0.2) is 18.0 Å². The third kappa shape index (κ3) is 5.92. The Bertz CT molecular complexity index is 1020. The zero-order chi connectivity index (χ0) is 24.9. The fourth-order valence-electron chi connectivity index (χ4n) is 6.03. The van der Waals surface area contributed by atoms with Crippen molar-refractivity contribution in [3.8, 4) is 0 Å². The molecule has 35 heavy (non-hydrogen) atoms. The maximum atomic E-state index is 15.1. The Morgan fingerprint density at radius 2 is 1.40 bits per heavy atom. The van der Waals surface area contributed by atoms with Gasteiger partial charge < -0.3 is 4.74 Å². The van der Waals surface area contributed by atoms with E-state index in [9.17, 15) is 9.18 Å². The molecule has 0 heterocycles. The topological polar surface area (TPSA) is 26.3 Å². The molecule has 5 heteroatoms. The highest BCUT2D eigenvalue weighted by atomic mass is 19.2. The van der Waals surface area contributed by atoms with E-state index in [1.165, 1.54) is 25.0 Å². The molecular formula is C30H37F3O2. The number of carbonyl (C=O) groups is 1. The van der Waals surface area contributed by atoms with Crippen molar-refractivity contribution < 1.29 is 22.7 Å². The van der Waals surface area contributed by atoms with Gasteiger partial charge in [-0.2, -0.15) is 0 Å².